The average molecular weight is 250 g/mol. The molecule has 1 spiro atoms. The highest BCUT2D eigenvalue weighted by molar-refractivity contribution is 5.31. The zero-order valence-corrected chi connectivity index (χ0v) is 11.0. The summed E-state index contributed by atoms with van der Waals surface area (Å²) in [7, 11) is 0. The van der Waals surface area contributed by atoms with Crippen LogP contribution in [0.15, 0.2) is 23.3 Å². The molecule has 3 heteroatoms. The van der Waals surface area contributed by atoms with E-state index in [1.807, 2.05) is 0 Å². The summed E-state index contributed by atoms with van der Waals surface area (Å²) in [4.78, 5) is 0. The molecular formula is C15H22O3. The van der Waals surface area contributed by atoms with Crippen LogP contribution in [0.3, 0.4) is 0 Å². The number of allylic oxidation sites excluding steroid dienone is 3. The summed E-state index contributed by atoms with van der Waals surface area (Å²) in [5.74, 6) is -0.396. The van der Waals surface area contributed by atoms with E-state index < -0.39 is 5.79 Å². The molecule has 2 fully saturated rings. The van der Waals surface area contributed by atoms with Gasteiger partial charge in [-0.1, -0.05) is 12.2 Å². The second-order valence-corrected chi connectivity index (χ2v) is 5.64. The normalized spacial score (nSPS) is 34.8. The predicted molar refractivity (Wildman–Crippen MR) is 69.1 cm³/mol. The molecule has 0 radical (unpaired) electrons. The first-order chi connectivity index (χ1) is 8.74. The molecule has 100 valence electrons. The molecule has 1 heterocycles. The molecule has 0 aromatic heterocycles. The minimum atomic E-state index is -0.396. The number of aliphatic hydroxyl groups is 1. The molecule has 2 atom stereocenters. The SMILES string of the molecule is CC1=C(C2OC3(CCCC3)O[C@@H]2CO)CCC=C1. The molecule has 0 aromatic carbocycles. The quantitative estimate of drug-likeness (QED) is 0.819. The second kappa shape index (κ2) is 4.80. The van der Waals surface area contributed by atoms with Crippen molar-refractivity contribution in [1.29, 1.82) is 0 Å². The van der Waals surface area contributed by atoms with Crippen LogP contribution in [-0.2, 0) is 9.47 Å². The monoisotopic (exact) mass is 250 g/mol. The number of rotatable bonds is 2. The third-order valence-electron chi connectivity index (χ3n) is 4.39. The van der Waals surface area contributed by atoms with E-state index in [9.17, 15) is 5.11 Å². The standard InChI is InChI=1S/C15H22O3/c1-11-6-2-3-7-12(11)14-13(10-16)17-15(18-14)8-4-5-9-15/h2,6,13-14,16H,3-5,7-10H2,1H3/t13-,14?/m1/s1. The number of aliphatic hydroxyl groups excluding tert-OH is 1. The van der Waals surface area contributed by atoms with Gasteiger partial charge >= 0.3 is 0 Å². The maximum absolute atomic E-state index is 9.55. The third-order valence-corrected chi connectivity index (χ3v) is 4.39. The van der Waals surface area contributed by atoms with Crippen molar-refractivity contribution in [3.8, 4) is 0 Å². The van der Waals surface area contributed by atoms with Crippen LogP contribution in [0.5, 0.6) is 0 Å². The van der Waals surface area contributed by atoms with Gasteiger partial charge in [-0.15, -0.1) is 0 Å². The van der Waals surface area contributed by atoms with Crippen LogP contribution in [0.25, 0.3) is 0 Å². The molecule has 2 aliphatic carbocycles. The highest BCUT2D eigenvalue weighted by Crippen LogP contribution is 2.44. The Morgan fingerprint density at radius 1 is 1.33 bits per heavy atom. The molecule has 0 amide bonds. The Bertz CT molecular complexity index is 377. The van der Waals surface area contributed by atoms with E-state index in [1.165, 1.54) is 24.0 Å². The van der Waals surface area contributed by atoms with Crippen molar-refractivity contribution in [2.45, 2.75) is 63.4 Å². The van der Waals surface area contributed by atoms with Gasteiger partial charge in [0.1, 0.15) is 12.2 Å². The summed E-state index contributed by atoms with van der Waals surface area (Å²) in [5.41, 5.74) is 2.60. The van der Waals surface area contributed by atoms with Crippen LogP contribution in [-0.4, -0.2) is 29.7 Å². The summed E-state index contributed by atoms with van der Waals surface area (Å²) >= 11 is 0. The zero-order valence-electron chi connectivity index (χ0n) is 11.0. The van der Waals surface area contributed by atoms with Gasteiger partial charge in [0.2, 0.25) is 0 Å². The number of hydrogen-bond acceptors (Lipinski definition) is 3. The van der Waals surface area contributed by atoms with Gasteiger partial charge in [-0.2, -0.15) is 0 Å². The smallest absolute Gasteiger partial charge is 0.169 e. The summed E-state index contributed by atoms with van der Waals surface area (Å²) in [5, 5.41) is 9.55. The van der Waals surface area contributed by atoms with Crippen molar-refractivity contribution in [1.82, 2.24) is 0 Å². The fraction of sp³-hybridized carbons (Fsp3) is 0.733. The fourth-order valence-corrected chi connectivity index (χ4v) is 3.42. The number of hydrogen-bond donors (Lipinski definition) is 1. The summed E-state index contributed by atoms with van der Waals surface area (Å²) in [6.45, 7) is 2.18. The number of ether oxygens (including phenoxy) is 2. The largest absolute Gasteiger partial charge is 0.394 e. The van der Waals surface area contributed by atoms with Crippen LogP contribution >= 0.6 is 0 Å². The van der Waals surface area contributed by atoms with E-state index in [0.717, 1.165) is 25.7 Å². The molecule has 1 saturated heterocycles. The molecule has 1 unspecified atom stereocenters. The van der Waals surface area contributed by atoms with Gasteiger partial charge in [-0.25, -0.2) is 0 Å². The van der Waals surface area contributed by atoms with Crippen LogP contribution < -0.4 is 0 Å². The third kappa shape index (κ3) is 2.04. The molecule has 1 N–H and O–H groups in total. The Hall–Kier alpha value is -0.640. The summed E-state index contributed by atoms with van der Waals surface area (Å²) in [6.07, 6.45) is 10.5. The van der Waals surface area contributed by atoms with Crippen molar-refractivity contribution in [2.75, 3.05) is 6.61 Å². The van der Waals surface area contributed by atoms with Crippen molar-refractivity contribution in [2.24, 2.45) is 0 Å². The van der Waals surface area contributed by atoms with Gasteiger partial charge in [0.25, 0.3) is 0 Å². The Balaban J connectivity index is 1.84. The van der Waals surface area contributed by atoms with E-state index in [1.54, 1.807) is 0 Å². The van der Waals surface area contributed by atoms with Gasteiger partial charge in [0.15, 0.2) is 5.79 Å². The highest BCUT2D eigenvalue weighted by atomic mass is 16.8. The van der Waals surface area contributed by atoms with E-state index in [-0.39, 0.29) is 18.8 Å². The first kappa shape index (κ1) is 12.4. The Morgan fingerprint density at radius 3 is 2.78 bits per heavy atom. The van der Waals surface area contributed by atoms with E-state index in [2.05, 4.69) is 19.1 Å². The topological polar surface area (TPSA) is 38.7 Å². The Labute approximate surface area is 108 Å². The van der Waals surface area contributed by atoms with Gasteiger partial charge in [-0.3, -0.25) is 0 Å². The molecule has 3 rings (SSSR count). The maximum atomic E-state index is 9.55. The van der Waals surface area contributed by atoms with Crippen LogP contribution in [0.2, 0.25) is 0 Å². The summed E-state index contributed by atoms with van der Waals surface area (Å²) < 4.78 is 12.3. The molecule has 0 aromatic rings. The second-order valence-electron chi connectivity index (χ2n) is 5.64. The van der Waals surface area contributed by atoms with E-state index in [4.69, 9.17) is 9.47 Å². The van der Waals surface area contributed by atoms with Crippen LogP contribution in [0.1, 0.15) is 45.4 Å². The molecule has 3 nitrogen and oxygen atoms in total. The molecule has 1 aliphatic heterocycles. The lowest BCUT2D eigenvalue weighted by atomic mass is 9.92. The fourth-order valence-electron chi connectivity index (χ4n) is 3.42. The van der Waals surface area contributed by atoms with Gasteiger partial charge in [-0.05, 0) is 43.8 Å². The minimum Gasteiger partial charge on any atom is -0.394 e. The first-order valence-corrected chi connectivity index (χ1v) is 7.07. The lowest BCUT2D eigenvalue weighted by Gasteiger charge is -2.24. The van der Waals surface area contributed by atoms with Crippen LogP contribution in [0, 0.1) is 0 Å². The van der Waals surface area contributed by atoms with E-state index in [0.29, 0.717) is 0 Å². The van der Waals surface area contributed by atoms with Crippen LogP contribution in [0.4, 0.5) is 0 Å². The lowest BCUT2D eigenvalue weighted by Crippen LogP contribution is -2.29. The van der Waals surface area contributed by atoms with Crippen molar-refractivity contribution < 1.29 is 14.6 Å². The molecule has 0 bridgehead atoms. The molecule has 1 saturated carbocycles. The molecule has 3 aliphatic rings. The predicted octanol–water partition coefficient (Wildman–Crippen LogP) is 2.70. The Morgan fingerprint density at radius 2 is 2.11 bits per heavy atom. The maximum Gasteiger partial charge on any atom is 0.169 e. The molecular weight excluding hydrogens is 228 g/mol. The van der Waals surface area contributed by atoms with Gasteiger partial charge in [0, 0.05) is 12.8 Å². The minimum absolute atomic E-state index is 0.0435. The van der Waals surface area contributed by atoms with Crippen molar-refractivity contribution >= 4 is 0 Å². The Kier molecular flexibility index (Phi) is 3.31. The average Bonchev–Trinajstić information content (AvgIpc) is 2.98. The summed E-state index contributed by atoms with van der Waals surface area (Å²) in [6, 6.07) is 0. The first-order valence-electron chi connectivity index (χ1n) is 7.07. The van der Waals surface area contributed by atoms with Gasteiger partial charge in [0.05, 0.1) is 6.61 Å². The highest BCUT2D eigenvalue weighted by Gasteiger charge is 2.49. The lowest BCUT2D eigenvalue weighted by molar-refractivity contribution is -0.169. The van der Waals surface area contributed by atoms with Crippen molar-refractivity contribution in [3.05, 3.63) is 23.3 Å². The van der Waals surface area contributed by atoms with E-state index >= 15 is 0 Å². The van der Waals surface area contributed by atoms with Gasteiger partial charge < -0.3 is 14.6 Å². The van der Waals surface area contributed by atoms with Crippen molar-refractivity contribution in [3.63, 3.8) is 0 Å². The molecule has 18 heavy (non-hydrogen) atoms. The zero-order chi connectivity index (χ0) is 12.6.